The summed E-state index contributed by atoms with van der Waals surface area (Å²) in [5.41, 5.74) is 6.03. The molecule has 4 nitrogen and oxygen atoms in total. The molecule has 2 aromatic rings. The van der Waals surface area contributed by atoms with Crippen LogP contribution in [0.3, 0.4) is 0 Å². The minimum atomic E-state index is 0. The Morgan fingerprint density at radius 3 is 2.48 bits per heavy atom. The van der Waals surface area contributed by atoms with Crippen molar-refractivity contribution >= 4 is 24.1 Å². The fourth-order valence-corrected chi connectivity index (χ4v) is 5.15. The van der Waals surface area contributed by atoms with E-state index in [2.05, 4.69) is 42.2 Å². The van der Waals surface area contributed by atoms with Crippen LogP contribution in [-0.2, 0) is 24.3 Å². The van der Waals surface area contributed by atoms with Crippen LogP contribution < -0.4 is 0 Å². The third-order valence-corrected chi connectivity index (χ3v) is 7.35. The SMILES string of the molecule is CC(=O)N1CCCc2ccc(C(=O)CCC3CCN(Cc4ccccc4C)CC3)cc2C1.Cl. The van der Waals surface area contributed by atoms with E-state index in [0.717, 1.165) is 56.6 Å². The molecule has 1 amide bonds. The van der Waals surface area contributed by atoms with Gasteiger partial charge in [0, 0.05) is 38.5 Å². The van der Waals surface area contributed by atoms with Crippen LogP contribution in [0.1, 0.15) is 71.6 Å². The van der Waals surface area contributed by atoms with E-state index in [-0.39, 0.29) is 24.1 Å². The van der Waals surface area contributed by atoms with Crippen LogP contribution in [0.2, 0.25) is 0 Å². The van der Waals surface area contributed by atoms with Crippen molar-refractivity contribution in [1.82, 2.24) is 9.80 Å². The second-order valence-corrected chi connectivity index (χ2v) is 9.64. The van der Waals surface area contributed by atoms with E-state index in [1.807, 2.05) is 17.0 Å². The Morgan fingerprint density at radius 2 is 1.76 bits per heavy atom. The predicted octanol–water partition coefficient (Wildman–Crippen LogP) is 5.59. The zero-order chi connectivity index (χ0) is 22.5. The largest absolute Gasteiger partial charge is 0.339 e. The molecule has 1 fully saturated rings. The smallest absolute Gasteiger partial charge is 0.219 e. The van der Waals surface area contributed by atoms with Crippen molar-refractivity contribution in [2.75, 3.05) is 19.6 Å². The van der Waals surface area contributed by atoms with Crippen molar-refractivity contribution in [1.29, 1.82) is 0 Å². The highest BCUT2D eigenvalue weighted by atomic mass is 35.5. The lowest BCUT2D eigenvalue weighted by Gasteiger charge is -2.32. The molecule has 2 aromatic carbocycles. The molecule has 5 heteroatoms. The summed E-state index contributed by atoms with van der Waals surface area (Å²) in [7, 11) is 0. The molecule has 0 aliphatic carbocycles. The normalized spacial score (nSPS) is 17.1. The minimum absolute atomic E-state index is 0. The fourth-order valence-electron chi connectivity index (χ4n) is 5.15. The van der Waals surface area contributed by atoms with Gasteiger partial charge in [-0.3, -0.25) is 14.5 Å². The third-order valence-electron chi connectivity index (χ3n) is 7.35. The number of piperidine rings is 1. The van der Waals surface area contributed by atoms with Crippen LogP contribution in [-0.4, -0.2) is 41.1 Å². The van der Waals surface area contributed by atoms with Gasteiger partial charge in [-0.1, -0.05) is 36.4 Å². The average molecular weight is 469 g/mol. The van der Waals surface area contributed by atoms with E-state index < -0.39 is 0 Å². The van der Waals surface area contributed by atoms with E-state index in [1.165, 1.54) is 29.5 Å². The third kappa shape index (κ3) is 6.68. The van der Waals surface area contributed by atoms with Gasteiger partial charge in [0.1, 0.15) is 0 Å². The number of nitrogens with zero attached hydrogens (tertiary/aromatic N) is 2. The molecular formula is C28H37ClN2O2. The number of fused-ring (bicyclic) bond motifs is 1. The van der Waals surface area contributed by atoms with Gasteiger partial charge in [0.05, 0.1) is 0 Å². The molecule has 0 atom stereocenters. The number of ketones is 1. The molecule has 0 saturated carbocycles. The van der Waals surface area contributed by atoms with Crippen molar-refractivity contribution in [3.63, 3.8) is 0 Å². The number of benzene rings is 2. The molecule has 0 unspecified atom stereocenters. The van der Waals surface area contributed by atoms with Gasteiger partial charge >= 0.3 is 0 Å². The van der Waals surface area contributed by atoms with Gasteiger partial charge in [0.25, 0.3) is 0 Å². The van der Waals surface area contributed by atoms with E-state index >= 15 is 0 Å². The summed E-state index contributed by atoms with van der Waals surface area (Å²) >= 11 is 0. The monoisotopic (exact) mass is 468 g/mol. The van der Waals surface area contributed by atoms with Gasteiger partial charge in [0.2, 0.25) is 5.91 Å². The van der Waals surface area contributed by atoms with Crippen LogP contribution in [0.4, 0.5) is 0 Å². The second-order valence-electron chi connectivity index (χ2n) is 9.64. The Bertz CT molecular complexity index is 966. The minimum Gasteiger partial charge on any atom is -0.339 e. The van der Waals surface area contributed by atoms with E-state index in [9.17, 15) is 9.59 Å². The van der Waals surface area contributed by atoms with Crippen molar-refractivity contribution in [2.24, 2.45) is 5.92 Å². The van der Waals surface area contributed by atoms with E-state index in [0.29, 0.717) is 18.9 Å². The van der Waals surface area contributed by atoms with Crippen LogP contribution in [0.5, 0.6) is 0 Å². The maximum atomic E-state index is 12.9. The number of halogens is 1. The first-order chi connectivity index (χ1) is 15.5. The van der Waals surface area contributed by atoms with Crippen LogP contribution in [0.15, 0.2) is 42.5 Å². The maximum Gasteiger partial charge on any atom is 0.219 e. The zero-order valence-electron chi connectivity index (χ0n) is 20.0. The maximum absolute atomic E-state index is 12.9. The molecule has 0 spiro atoms. The molecule has 0 N–H and O–H groups in total. The number of hydrogen-bond donors (Lipinski definition) is 0. The number of carbonyl (C=O) groups excluding carboxylic acids is 2. The number of aryl methyl sites for hydroxylation is 2. The molecule has 1 saturated heterocycles. The zero-order valence-corrected chi connectivity index (χ0v) is 20.8. The topological polar surface area (TPSA) is 40.6 Å². The first-order valence-corrected chi connectivity index (χ1v) is 12.2. The second kappa shape index (κ2) is 11.8. The van der Waals surface area contributed by atoms with Gasteiger partial charge in [0.15, 0.2) is 5.78 Å². The number of amides is 1. The number of likely N-dealkylation sites (tertiary alicyclic amines) is 1. The molecule has 33 heavy (non-hydrogen) atoms. The van der Waals surface area contributed by atoms with Crippen LogP contribution >= 0.6 is 12.4 Å². The Morgan fingerprint density at radius 1 is 1.00 bits per heavy atom. The van der Waals surface area contributed by atoms with Gasteiger partial charge in [-0.25, -0.2) is 0 Å². The highest BCUT2D eigenvalue weighted by Crippen LogP contribution is 2.26. The van der Waals surface area contributed by atoms with Crippen LogP contribution in [0.25, 0.3) is 0 Å². The van der Waals surface area contributed by atoms with Crippen molar-refractivity contribution in [2.45, 2.75) is 65.5 Å². The van der Waals surface area contributed by atoms with Gasteiger partial charge < -0.3 is 4.90 Å². The molecule has 2 aliphatic rings. The summed E-state index contributed by atoms with van der Waals surface area (Å²) in [4.78, 5) is 29.2. The first kappa shape index (κ1) is 25.5. The number of Topliss-reactive ketones (excluding diaryl/α,β-unsaturated/α-hetero) is 1. The van der Waals surface area contributed by atoms with Crippen molar-refractivity contribution in [3.8, 4) is 0 Å². The lowest BCUT2D eigenvalue weighted by molar-refractivity contribution is -0.129. The number of rotatable bonds is 6. The Labute approximate surface area is 204 Å². The Kier molecular flexibility index (Phi) is 9.10. The summed E-state index contributed by atoms with van der Waals surface area (Å²) in [6, 6.07) is 14.8. The van der Waals surface area contributed by atoms with Gasteiger partial charge in [-0.2, -0.15) is 0 Å². The fraction of sp³-hybridized carbons (Fsp3) is 0.500. The summed E-state index contributed by atoms with van der Waals surface area (Å²) in [6.07, 6.45) is 5.93. The Balaban J connectivity index is 0.00000306. The predicted molar refractivity (Wildman–Crippen MR) is 136 cm³/mol. The molecule has 0 bridgehead atoms. The van der Waals surface area contributed by atoms with Gasteiger partial charge in [-0.05, 0) is 86.4 Å². The van der Waals surface area contributed by atoms with Gasteiger partial charge in [-0.15, -0.1) is 12.4 Å². The molecule has 2 heterocycles. The molecular weight excluding hydrogens is 432 g/mol. The molecule has 178 valence electrons. The van der Waals surface area contributed by atoms with Crippen molar-refractivity contribution < 1.29 is 9.59 Å². The van der Waals surface area contributed by atoms with E-state index in [1.54, 1.807) is 6.92 Å². The van der Waals surface area contributed by atoms with Crippen LogP contribution in [0, 0.1) is 12.8 Å². The number of carbonyl (C=O) groups is 2. The average Bonchev–Trinajstić information content (AvgIpc) is 3.02. The number of hydrogen-bond acceptors (Lipinski definition) is 3. The summed E-state index contributed by atoms with van der Waals surface area (Å²) in [5.74, 6) is 0.998. The lowest BCUT2D eigenvalue weighted by atomic mass is 9.89. The molecule has 4 rings (SSSR count). The summed E-state index contributed by atoms with van der Waals surface area (Å²) in [5, 5.41) is 0. The summed E-state index contributed by atoms with van der Waals surface area (Å²) < 4.78 is 0. The lowest BCUT2D eigenvalue weighted by Crippen LogP contribution is -2.33. The molecule has 2 aliphatic heterocycles. The molecule has 0 aromatic heterocycles. The highest BCUT2D eigenvalue weighted by molar-refractivity contribution is 5.96. The first-order valence-electron chi connectivity index (χ1n) is 12.2. The Hall–Kier alpha value is -2.17. The van der Waals surface area contributed by atoms with E-state index in [4.69, 9.17) is 0 Å². The van der Waals surface area contributed by atoms with Crippen molar-refractivity contribution in [3.05, 3.63) is 70.3 Å². The highest BCUT2D eigenvalue weighted by Gasteiger charge is 2.22. The summed E-state index contributed by atoms with van der Waals surface area (Å²) in [6.45, 7) is 8.52. The quantitative estimate of drug-likeness (QED) is 0.519. The molecule has 0 radical (unpaired) electrons. The standard InChI is InChI=1S/C28H36N2O2.ClH/c1-21-6-3-4-7-26(21)19-29-16-13-23(14-17-29)9-12-28(32)25-11-10-24-8-5-15-30(22(2)31)20-27(24)18-25;/h3-4,6-7,10-11,18,23H,5,8-9,12-17,19-20H2,1-2H3;1H.